The zero-order valence-corrected chi connectivity index (χ0v) is 12.5. The SMILES string of the molecule is CCCOCCC(CNCC)C1CCS(=O)(=O)C1. The van der Waals surface area contributed by atoms with Crippen molar-refractivity contribution in [3.8, 4) is 0 Å². The summed E-state index contributed by atoms with van der Waals surface area (Å²) < 4.78 is 28.6. The highest BCUT2D eigenvalue weighted by Gasteiger charge is 2.33. The Labute approximate surface area is 111 Å². The fourth-order valence-electron chi connectivity index (χ4n) is 2.51. The third kappa shape index (κ3) is 5.67. The first-order valence-electron chi connectivity index (χ1n) is 7.08. The Morgan fingerprint density at radius 1 is 1.33 bits per heavy atom. The van der Waals surface area contributed by atoms with Crippen molar-refractivity contribution in [2.75, 3.05) is 37.8 Å². The lowest BCUT2D eigenvalue weighted by atomic mass is 9.89. The molecule has 0 radical (unpaired) electrons. The van der Waals surface area contributed by atoms with Crippen LogP contribution in [0.2, 0.25) is 0 Å². The van der Waals surface area contributed by atoms with Crippen molar-refractivity contribution >= 4 is 9.84 Å². The van der Waals surface area contributed by atoms with Crippen LogP contribution in [0.1, 0.15) is 33.1 Å². The van der Waals surface area contributed by atoms with Crippen molar-refractivity contribution < 1.29 is 13.2 Å². The third-order valence-corrected chi connectivity index (χ3v) is 5.37. The normalized spacial score (nSPS) is 24.2. The Bertz CT molecular complexity index is 316. The number of rotatable bonds is 9. The molecule has 4 nitrogen and oxygen atoms in total. The van der Waals surface area contributed by atoms with E-state index in [1.165, 1.54) is 0 Å². The van der Waals surface area contributed by atoms with Crippen LogP contribution in [0.15, 0.2) is 0 Å². The van der Waals surface area contributed by atoms with Crippen molar-refractivity contribution in [3.05, 3.63) is 0 Å². The summed E-state index contributed by atoms with van der Waals surface area (Å²) in [5, 5.41) is 3.34. The van der Waals surface area contributed by atoms with Gasteiger partial charge in [0.25, 0.3) is 0 Å². The predicted molar refractivity (Wildman–Crippen MR) is 74.5 cm³/mol. The standard InChI is InChI=1S/C13H27NO3S/c1-3-7-17-8-5-12(10-14-4-2)13-6-9-18(15,16)11-13/h12-14H,3-11H2,1-2H3. The lowest BCUT2D eigenvalue weighted by Crippen LogP contribution is -2.30. The molecular formula is C13H27NO3S. The van der Waals surface area contributed by atoms with Crippen molar-refractivity contribution in [1.82, 2.24) is 5.32 Å². The van der Waals surface area contributed by atoms with E-state index in [0.717, 1.165) is 45.6 Å². The van der Waals surface area contributed by atoms with E-state index in [1.807, 2.05) is 0 Å². The molecule has 0 aromatic carbocycles. The Morgan fingerprint density at radius 3 is 2.67 bits per heavy atom. The number of nitrogens with one attached hydrogen (secondary N) is 1. The van der Waals surface area contributed by atoms with E-state index in [4.69, 9.17) is 4.74 Å². The van der Waals surface area contributed by atoms with Crippen LogP contribution in [-0.2, 0) is 14.6 Å². The number of ether oxygens (including phenoxy) is 1. The number of sulfone groups is 1. The summed E-state index contributed by atoms with van der Waals surface area (Å²) in [7, 11) is -2.77. The van der Waals surface area contributed by atoms with E-state index in [1.54, 1.807) is 0 Å². The van der Waals surface area contributed by atoms with Gasteiger partial charge in [-0.15, -0.1) is 0 Å². The van der Waals surface area contributed by atoms with E-state index in [0.29, 0.717) is 23.3 Å². The van der Waals surface area contributed by atoms with E-state index in [-0.39, 0.29) is 0 Å². The number of hydrogen-bond acceptors (Lipinski definition) is 4. The molecule has 1 heterocycles. The summed E-state index contributed by atoms with van der Waals surface area (Å²) in [6, 6.07) is 0. The molecule has 1 aliphatic heterocycles. The van der Waals surface area contributed by atoms with E-state index in [9.17, 15) is 8.42 Å². The topological polar surface area (TPSA) is 55.4 Å². The predicted octanol–water partition coefficient (Wildman–Crippen LogP) is 1.46. The molecule has 0 amide bonds. The molecule has 1 rings (SSSR count). The molecule has 1 saturated heterocycles. The van der Waals surface area contributed by atoms with Gasteiger partial charge >= 0.3 is 0 Å². The molecular weight excluding hydrogens is 250 g/mol. The molecule has 0 bridgehead atoms. The Kier molecular flexibility index (Phi) is 7.19. The molecule has 0 spiro atoms. The summed E-state index contributed by atoms with van der Waals surface area (Å²) in [4.78, 5) is 0. The molecule has 18 heavy (non-hydrogen) atoms. The van der Waals surface area contributed by atoms with Gasteiger partial charge in [0.05, 0.1) is 11.5 Å². The zero-order chi connectivity index (χ0) is 13.4. The first-order chi connectivity index (χ1) is 8.59. The van der Waals surface area contributed by atoms with Crippen molar-refractivity contribution in [2.24, 2.45) is 11.8 Å². The van der Waals surface area contributed by atoms with E-state index < -0.39 is 9.84 Å². The molecule has 1 fully saturated rings. The summed E-state index contributed by atoms with van der Waals surface area (Å²) in [5.41, 5.74) is 0. The second-order valence-electron chi connectivity index (χ2n) is 5.13. The molecule has 108 valence electrons. The average molecular weight is 277 g/mol. The summed E-state index contributed by atoms with van der Waals surface area (Å²) in [6.45, 7) is 7.57. The summed E-state index contributed by atoms with van der Waals surface area (Å²) in [6.07, 6.45) is 2.83. The van der Waals surface area contributed by atoms with Crippen LogP contribution in [0.5, 0.6) is 0 Å². The highest BCUT2D eigenvalue weighted by Crippen LogP contribution is 2.27. The Morgan fingerprint density at radius 2 is 2.11 bits per heavy atom. The van der Waals surface area contributed by atoms with Crippen LogP contribution in [0, 0.1) is 11.8 Å². The molecule has 2 unspecified atom stereocenters. The van der Waals surface area contributed by atoms with E-state index >= 15 is 0 Å². The van der Waals surface area contributed by atoms with Gasteiger partial charge in [0.15, 0.2) is 9.84 Å². The van der Waals surface area contributed by atoms with Gasteiger partial charge in [-0.05, 0) is 44.2 Å². The van der Waals surface area contributed by atoms with Crippen molar-refractivity contribution in [2.45, 2.75) is 33.1 Å². The molecule has 0 saturated carbocycles. The Hall–Kier alpha value is -0.130. The molecule has 0 aromatic heterocycles. The second kappa shape index (κ2) is 8.12. The van der Waals surface area contributed by atoms with Gasteiger partial charge in [-0.3, -0.25) is 0 Å². The van der Waals surface area contributed by atoms with Crippen LogP contribution in [-0.4, -0.2) is 46.2 Å². The molecule has 1 aliphatic rings. The van der Waals surface area contributed by atoms with Gasteiger partial charge < -0.3 is 10.1 Å². The quantitative estimate of drug-likeness (QED) is 0.648. The monoisotopic (exact) mass is 277 g/mol. The minimum absolute atomic E-state index is 0.319. The molecule has 1 N–H and O–H groups in total. The van der Waals surface area contributed by atoms with Crippen molar-refractivity contribution in [1.29, 1.82) is 0 Å². The first-order valence-corrected chi connectivity index (χ1v) is 8.90. The van der Waals surface area contributed by atoms with Gasteiger partial charge in [-0.25, -0.2) is 8.42 Å². The highest BCUT2D eigenvalue weighted by molar-refractivity contribution is 7.91. The maximum atomic E-state index is 11.5. The lowest BCUT2D eigenvalue weighted by Gasteiger charge is -2.22. The minimum Gasteiger partial charge on any atom is -0.381 e. The maximum Gasteiger partial charge on any atom is 0.150 e. The zero-order valence-electron chi connectivity index (χ0n) is 11.7. The van der Waals surface area contributed by atoms with Crippen LogP contribution in [0.4, 0.5) is 0 Å². The molecule has 2 atom stereocenters. The van der Waals surface area contributed by atoms with Crippen LogP contribution in [0.25, 0.3) is 0 Å². The van der Waals surface area contributed by atoms with E-state index in [2.05, 4.69) is 19.2 Å². The average Bonchev–Trinajstić information content (AvgIpc) is 2.69. The Balaban J connectivity index is 2.40. The molecule has 5 heteroatoms. The fourth-order valence-corrected chi connectivity index (χ4v) is 4.43. The first kappa shape index (κ1) is 15.9. The van der Waals surface area contributed by atoms with Crippen molar-refractivity contribution in [3.63, 3.8) is 0 Å². The van der Waals surface area contributed by atoms with Gasteiger partial charge in [-0.1, -0.05) is 13.8 Å². The van der Waals surface area contributed by atoms with Gasteiger partial charge in [0.2, 0.25) is 0 Å². The van der Waals surface area contributed by atoms with Crippen LogP contribution in [0.3, 0.4) is 0 Å². The molecule has 0 aromatic rings. The highest BCUT2D eigenvalue weighted by atomic mass is 32.2. The summed E-state index contributed by atoms with van der Waals surface area (Å²) >= 11 is 0. The number of hydrogen-bond donors (Lipinski definition) is 1. The van der Waals surface area contributed by atoms with Crippen LogP contribution >= 0.6 is 0 Å². The lowest BCUT2D eigenvalue weighted by molar-refractivity contribution is 0.112. The second-order valence-corrected chi connectivity index (χ2v) is 7.36. The smallest absolute Gasteiger partial charge is 0.150 e. The van der Waals surface area contributed by atoms with Crippen LogP contribution < -0.4 is 5.32 Å². The van der Waals surface area contributed by atoms with Gasteiger partial charge in [0, 0.05) is 13.2 Å². The fraction of sp³-hybridized carbons (Fsp3) is 1.00. The minimum atomic E-state index is -2.77. The van der Waals surface area contributed by atoms with Gasteiger partial charge in [-0.2, -0.15) is 0 Å². The van der Waals surface area contributed by atoms with Gasteiger partial charge in [0.1, 0.15) is 0 Å². The third-order valence-electron chi connectivity index (χ3n) is 3.57. The maximum absolute atomic E-state index is 11.5. The molecule has 0 aliphatic carbocycles. The summed E-state index contributed by atoms with van der Waals surface area (Å²) in [5.74, 6) is 1.49. The largest absolute Gasteiger partial charge is 0.381 e.